The summed E-state index contributed by atoms with van der Waals surface area (Å²) in [6.45, 7) is 0. The molecule has 2 aromatic carbocycles. The summed E-state index contributed by atoms with van der Waals surface area (Å²) >= 11 is 8.72. The number of nitrogens with zero attached hydrogens (tertiary/aromatic N) is 2. The molecule has 0 aliphatic carbocycles. The van der Waals surface area contributed by atoms with Gasteiger partial charge in [0.25, 0.3) is 5.91 Å². The predicted molar refractivity (Wildman–Crippen MR) is 126 cm³/mol. The van der Waals surface area contributed by atoms with Crippen LogP contribution in [0.1, 0.15) is 11.3 Å². The highest BCUT2D eigenvalue weighted by atomic mass is 35.5. The van der Waals surface area contributed by atoms with Crippen molar-refractivity contribution >= 4 is 63.8 Å². The summed E-state index contributed by atoms with van der Waals surface area (Å²) in [7, 11) is 0. The molecular weight excluding hydrogens is 450 g/mol. The van der Waals surface area contributed by atoms with Gasteiger partial charge in [-0.3, -0.25) is 15.1 Å². The van der Waals surface area contributed by atoms with Crippen LogP contribution in [-0.2, 0) is 4.79 Å². The van der Waals surface area contributed by atoms with E-state index in [4.69, 9.17) is 21.4 Å². The zero-order valence-corrected chi connectivity index (χ0v) is 18.3. The van der Waals surface area contributed by atoms with Crippen molar-refractivity contribution in [1.29, 1.82) is 5.41 Å². The number of hydrogen-bond donors (Lipinski definition) is 1. The number of furan rings is 1. The molecule has 152 valence electrons. The Labute approximate surface area is 192 Å². The van der Waals surface area contributed by atoms with Gasteiger partial charge in [-0.1, -0.05) is 65.5 Å². The Kier molecular flexibility index (Phi) is 5.31. The second-order valence-corrected chi connectivity index (χ2v) is 8.99. The van der Waals surface area contributed by atoms with E-state index in [-0.39, 0.29) is 11.4 Å². The molecule has 3 aromatic rings. The average Bonchev–Trinajstić information content (AvgIpc) is 3.40. The summed E-state index contributed by atoms with van der Waals surface area (Å²) in [5.41, 5.74) is 1.97. The highest BCUT2D eigenvalue weighted by Crippen LogP contribution is 2.37. The van der Waals surface area contributed by atoms with E-state index in [0.29, 0.717) is 21.0 Å². The van der Waals surface area contributed by atoms with Crippen LogP contribution in [0.2, 0.25) is 5.02 Å². The molecular formula is C23H14ClN3O2S2. The molecule has 2 aliphatic heterocycles. The lowest BCUT2D eigenvalue weighted by Gasteiger charge is -2.26. The Morgan fingerprint density at radius 1 is 1.06 bits per heavy atom. The Balaban J connectivity index is 1.41. The number of carbonyl (C=O) groups is 1. The van der Waals surface area contributed by atoms with E-state index in [0.717, 1.165) is 16.2 Å². The molecule has 0 saturated heterocycles. The normalized spacial score (nSPS) is 17.1. The van der Waals surface area contributed by atoms with Gasteiger partial charge in [0.2, 0.25) is 0 Å². The number of rotatable bonds is 4. The van der Waals surface area contributed by atoms with Crippen LogP contribution in [0.3, 0.4) is 0 Å². The summed E-state index contributed by atoms with van der Waals surface area (Å²) in [5, 5.41) is 12.4. The quantitative estimate of drug-likeness (QED) is 0.454. The molecule has 0 unspecified atom stereocenters. The third-order valence-corrected chi connectivity index (χ3v) is 6.61. The fraction of sp³-hybridized carbons (Fsp3) is 0. The van der Waals surface area contributed by atoms with Crippen LogP contribution in [-0.4, -0.2) is 21.8 Å². The van der Waals surface area contributed by atoms with Crippen molar-refractivity contribution in [2.75, 3.05) is 0 Å². The second-order valence-electron chi connectivity index (χ2n) is 6.64. The number of amidine groups is 2. The molecule has 5 nitrogen and oxygen atoms in total. The maximum Gasteiger partial charge on any atom is 0.283 e. The van der Waals surface area contributed by atoms with E-state index in [2.05, 4.69) is 4.99 Å². The van der Waals surface area contributed by atoms with Crippen molar-refractivity contribution in [2.45, 2.75) is 9.99 Å². The molecule has 5 rings (SSSR count). The van der Waals surface area contributed by atoms with Crippen molar-refractivity contribution in [3.05, 3.63) is 94.1 Å². The molecule has 0 radical (unpaired) electrons. The minimum absolute atomic E-state index is 0.0819. The largest absolute Gasteiger partial charge is 0.450 e. The molecule has 0 fully saturated rings. The van der Waals surface area contributed by atoms with E-state index in [1.807, 2.05) is 66.1 Å². The topological polar surface area (TPSA) is 69.7 Å². The minimum atomic E-state index is -0.449. The number of thioether (sulfide) groups is 1. The predicted octanol–water partition coefficient (Wildman–Crippen LogP) is 6.39. The number of fused-ring (bicyclic) bond motifs is 1. The van der Waals surface area contributed by atoms with Crippen molar-refractivity contribution < 1.29 is 9.21 Å². The third kappa shape index (κ3) is 3.99. The van der Waals surface area contributed by atoms with Gasteiger partial charge in [-0.25, -0.2) is 0 Å². The van der Waals surface area contributed by atoms with Gasteiger partial charge in [0.15, 0.2) is 10.3 Å². The zero-order valence-electron chi connectivity index (χ0n) is 15.9. The van der Waals surface area contributed by atoms with Crippen LogP contribution in [0.15, 0.2) is 97.1 Å². The first kappa shape index (κ1) is 19.9. The van der Waals surface area contributed by atoms with Crippen LogP contribution in [0.25, 0.3) is 11.8 Å². The summed E-state index contributed by atoms with van der Waals surface area (Å²) < 4.78 is 5.86. The molecule has 1 amide bonds. The minimum Gasteiger partial charge on any atom is -0.450 e. The van der Waals surface area contributed by atoms with Crippen molar-refractivity contribution in [1.82, 2.24) is 4.90 Å². The lowest BCUT2D eigenvalue weighted by atomic mass is 10.1. The lowest BCUT2D eigenvalue weighted by Crippen LogP contribution is -2.37. The summed E-state index contributed by atoms with van der Waals surface area (Å²) in [6, 6.07) is 20.8. The first-order valence-corrected chi connectivity index (χ1v) is 11.4. The van der Waals surface area contributed by atoms with Gasteiger partial charge in [0, 0.05) is 15.3 Å². The lowest BCUT2D eigenvalue weighted by molar-refractivity contribution is -0.114. The zero-order chi connectivity index (χ0) is 21.4. The Bertz CT molecular complexity index is 1280. The van der Waals surface area contributed by atoms with Crippen molar-refractivity contribution in [3.8, 4) is 0 Å². The molecule has 1 aromatic heterocycles. The number of hydrogen-bond acceptors (Lipinski definition) is 5. The fourth-order valence-corrected chi connectivity index (χ4v) is 4.94. The molecule has 2 aliphatic rings. The van der Waals surface area contributed by atoms with Crippen molar-refractivity contribution in [2.24, 2.45) is 4.99 Å². The number of nitrogens with one attached hydrogen (secondary N) is 1. The van der Waals surface area contributed by atoms with Gasteiger partial charge >= 0.3 is 0 Å². The molecule has 0 bridgehead atoms. The van der Waals surface area contributed by atoms with E-state index in [1.165, 1.54) is 23.5 Å². The van der Waals surface area contributed by atoms with Crippen LogP contribution in [0.5, 0.6) is 0 Å². The van der Waals surface area contributed by atoms with E-state index in [1.54, 1.807) is 17.0 Å². The standard InChI is InChI=1S/C23H14ClN3O2S2/c24-15-6-9-17(10-7-15)31-20-11-8-16(29-20)12-18-21(25)27-19(14-4-2-1-3-5-14)13-30-23(27)26-22(18)28/h1-13,25H. The highest BCUT2D eigenvalue weighted by Gasteiger charge is 2.36. The molecule has 0 saturated carbocycles. The van der Waals surface area contributed by atoms with Gasteiger partial charge in [-0.2, -0.15) is 4.99 Å². The molecule has 8 heteroatoms. The third-order valence-electron chi connectivity index (χ3n) is 4.60. The Morgan fingerprint density at radius 3 is 2.61 bits per heavy atom. The molecule has 31 heavy (non-hydrogen) atoms. The first-order chi connectivity index (χ1) is 15.1. The van der Waals surface area contributed by atoms with E-state index in [9.17, 15) is 4.79 Å². The summed E-state index contributed by atoms with van der Waals surface area (Å²) in [4.78, 5) is 19.5. The maximum absolute atomic E-state index is 12.6. The highest BCUT2D eigenvalue weighted by molar-refractivity contribution is 8.17. The number of amides is 1. The van der Waals surface area contributed by atoms with Gasteiger partial charge < -0.3 is 4.42 Å². The van der Waals surface area contributed by atoms with Crippen LogP contribution >= 0.6 is 35.1 Å². The Morgan fingerprint density at radius 2 is 1.84 bits per heavy atom. The second kappa shape index (κ2) is 8.26. The fourth-order valence-electron chi connectivity index (χ4n) is 3.14. The van der Waals surface area contributed by atoms with Crippen molar-refractivity contribution in [3.63, 3.8) is 0 Å². The van der Waals surface area contributed by atoms with E-state index < -0.39 is 5.91 Å². The van der Waals surface area contributed by atoms with Crippen LogP contribution < -0.4 is 0 Å². The number of benzene rings is 2. The maximum atomic E-state index is 12.6. The van der Waals surface area contributed by atoms with Gasteiger partial charge in [-0.05, 0) is 48.0 Å². The molecule has 0 spiro atoms. The average molecular weight is 464 g/mol. The SMILES string of the molecule is N=C1C(=Cc2ccc(Sc3ccc(Cl)cc3)o2)C(=O)N=C2SC=C(c3ccccc3)N12. The summed E-state index contributed by atoms with van der Waals surface area (Å²) in [6.07, 6.45) is 1.57. The van der Waals surface area contributed by atoms with Crippen LogP contribution in [0, 0.1) is 5.41 Å². The molecule has 0 atom stereocenters. The molecule has 1 N–H and O–H groups in total. The molecule has 3 heterocycles. The van der Waals surface area contributed by atoms with Gasteiger partial charge in [0.1, 0.15) is 11.6 Å². The number of halogens is 1. The van der Waals surface area contributed by atoms with Gasteiger partial charge in [0.05, 0.1) is 11.3 Å². The van der Waals surface area contributed by atoms with Crippen LogP contribution in [0.4, 0.5) is 0 Å². The monoisotopic (exact) mass is 463 g/mol. The number of carbonyl (C=O) groups excluding carboxylic acids is 1. The number of aliphatic imine (C=N–C) groups is 1. The smallest absolute Gasteiger partial charge is 0.283 e. The summed E-state index contributed by atoms with van der Waals surface area (Å²) in [5.74, 6) is 0.119. The van der Waals surface area contributed by atoms with Gasteiger partial charge in [-0.15, -0.1) is 0 Å². The Hall–Kier alpha value is -3.00. The van der Waals surface area contributed by atoms with E-state index >= 15 is 0 Å². The first-order valence-electron chi connectivity index (χ1n) is 9.28.